The van der Waals surface area contributed by atoms with Crippen molar-refractivity contribution in [3.05, 3.63) is 0 Å². The monoisotopic (exact) mass is 168 g/mol. The quantitative estimate of drug-likeness (QED) is 0.681. The van der Waals surface area contributed by atoms with Gasteiger partial charge in [0.1, 0.15) is 0 Å². The predicted octanol–water partition coefficient (Wildman–Crippen LogP) is 1.22. The zero-order valence-corrected chi connectivity index (χ0v) is 8.05. The molecule has 1 atom stereocenters. The topological polar surface area (TPSA) is 15.3 Å². The van der Waals surface area contributed by atoms with Gasteiger partial charge in [-0.3, -0.25) is 4.90 Å². The van der Waals surface area contributed by atoms with Crippen molar-refractivity contribution in [2.75, 3.05) is 19.6 Å². The molecule has 1 heterocycles. The Balaban J connectivity index is 1.87. The van der Waals surface area contributed by atoms with Gasteiger partial charge < -0.3 is 5.32 Å². The van der Waals surface area contributed by atoms with E-state index >= 15 is 0 Å². The zero-order chi connectivity index (χ0) is 8.39. The van der Waals surface area contributed by atoms with Gasteiger partial charge in [-0.2, -0.15) is 0 Å². The van der Waals surface area contributed by atoms with Crippen molar-refractivity contribution in [3.8, 4) is 0 Å². The molecule has 1 unspecified atom stereocenters. The molecule has 2 aliphatic rings. The lowest BCUT2D eigenvalue weighted by Gasteiger charge is -2.36. The first-order chi connectivity index (χ1) is 5.92. The first kappa shape index (κ1) is 8.52. The van der Waals surface area contributed by atoms with Crippen LogP contribution in [0.2, 0.25) is 0 Å². The van der Waals surface area contributed by atoms with E-state index in [1.165, 1.54) is 45.3 Å². The van der Waals surface area contributed by atoms with Crippen molar-refractivity contribution in [2.45, 2.75) is 44.7 Å². The van der Waals surface area contributed by atoms with E-state index in [1.807, 2.05) is 0 Å². The second-order valence-corrected chi connectivity index (χ2v) is 4.12. The number of piperazine rings is 1. The van der Waals surface area contributed by atoms with Crippen LogP contribution in [-0.2, 0) is 0 Å². The second-order valence-electron chi connectivity index (χ2n) is 4.12. The molecule has 2 fully saturated rings. The first-order valence-electron chi connectivity index (χ1n) is 5.38. The summed E-state index contributed by atoms with van der Waals surface area (Å²) < 4.78 is 0. The van der Waals surface area contributed by atoms with Crippen LogP contribution >= 0.6 is 0 Å². The van der Waals surface area contributed by atoms with Crippen LogP contribution in [0.25, 0.3) is 0 Å². The molecule has 1 aliphatic carbocycles. The van der Waals surface area contributed by atoms with Crippen molar-refractivity contribution in [1.82, 2.24) is 10.2 Å². The fourth-order valence-corrected chi connectivity index (χ4v) is 2.26. The van der Waals surface area contributed by atoms with Crippen molar-refractivity contribution in [1.29, 1.82) is 0 Å². The molecule has 2 rings (SSSR count). The molecule has 1 aliphatic heterocycles. The number of nitrogens with zero attached hydrogens (tertiary/aromatic N) is 1. The standard InChI is InChI=1S/C10H20N2/c1-2-3-10-8-11-6-7-12(10)9-4-5-9/h9-11H,2-8H2,1H3. The summed E-state index contributed by atoms with van der Waals surface area (Å²) in [5.74, 6) is 0. The fraction of sp³-hybridized carbons (Fsp3) is 1.00. The van der Waals surface area contributed by atoms with E-state index in [4.69, 9.17) is 0 Å². The van der Waals surface area contributed by atoms with Crippen LogP contribution in [0.4, 0.5) is 0 Å². The van der Waals surface area contributed by atoms with Gasteiger partial charge in [-0.15, -0.1) is 0 Å². The maximum atomic E-state index is 3.49. The van der Waals surface area contributed by atoms with Gasteiger partial charge in [0.25, 0.3) is 0 Å². The Bertz CT molecular complexity index is 141. The summed E-state index contributed by atoms with van der Waals surface area (Å²) in [7, 11) is 0. The molecule has 12 heavy (non-hydrogen) atoms. The van der Waals surface area contributed by atoms with Crippen molar-refractivity contribution >= 4 is 0 Å². The van der Waals surface area contributed by atoms with Gasteiger partial charge >= 0.3 is 0 Å². The van der Waals surface area contributed by atoms with Gasteiger partial charge in [-0.05, 0) is 19.3 Å². The SMILES string of the molecule is CCCC1CNCCN1C1CC1. The first-order valence-corrected chi connectivity index (χ1v) is 5.38. The van der Waals surface area contributed by atoms with E-state index in [2.05, 4.69) is 17.1 Å². The van der Waals surface area contributed by atoms with Gasteiger partial charge in [0.15, 0.2) is 0 Å². The second kappa shape index (κ2) is 3.75. The molecule has 0 radical (unpaired) electrons. The molecule has 2 nitrogen and oxygen atoms in total. The molecule has 0 spiro atoms. The smallest absolute Gasteiger partial charge is 0.0224 e. The van der Waals surface area contributed by atoms with Gasteiger partial charge in [0.2, 0.25) is 0 Å². The third-order valence-electron chi connectivity index (χ3n) is 3.03. The highest BCUT2D eigenvalue weighted by Gasteiger charge is 2.34. The van der Waals surface area contributed by atoms with Crippen LogP contribution in [0.15, 0.2) is 0 Å². The van der Waals surface area contributed by atoms with Crippen molar-refractivity contribution < 1.29 is 0 Å². The highest BCUT2D eigenvalue weighted by Crippen LogP contribution is 2.30. The minimum Gasteiger partial charge on any atom is -0.314 e. The van der Waals surface area contributed by atoms with E-state index in [9.17, 15) is 0 Å². The molecule has 70 valence electrons. The molecule has 2 heteroatoms. The number of hydrogen-bond acceptors (Lipinski definition) is 2. The molecular formula is C10H20N2. The van der Waals surface area contributed by atoms with E-state index in [0.29, 0.717) is 0 Å². The summed E-state index contributed by atoms with van der Waals surface area (Å²) in [4.78, 5) is 2.74. The molecular weight excluding hydrogens is 148 g/mol. The van der Waals surface area contributed by atoms with Crippen molar-refractivity contribution in [3.63, 3.8) is 0 Å². The van der Waals surface area contributed by atoms with E-state index < -0.39 is 0 Å². The average Bonchev–Trinajstić information content (AvgIpc) is 2.89. The maximum absolute atomic E-state index is 3.49. The van der Waals surface area contributed by atoms with Gasteiger partial charge in [0.05, 0.1) is 0 Å². The van der Waals surface area contributed by atoms with Crippen LogP contribution in [-0.4, -0.2) is 36.6 Å². The molecule has 0 bridgehead atoms. The molecule has 1 saturated carbocycles. The molecule has 1 saturated heterocycles. The maximum Gasteiger partial charge on any atom is 0.0224 e. The van der Waals surface area contributed by atoms with Gasteiger partial charge in [0, 0.05) is 31.7 Å². The predicted molar refractivity (Wildman–Crippen MR) is 51.3 cm³/mol. The molecule has 0 aromatic heterocycles. The van der Waals surface area contributed by atoms with Crippen LogP contribution in [0.3, 0.4) is 0 Å². The van der Waals surface area contributed by atoms with E-state index in [-0.39, 0.29) is 0 Å². The Labute approximate surface area is 75.3 Å². The summed E-state index contributed by atoms with van der Waals surface area (Å²) >= 11 is 0. The third kappa shape index (κ3) is 1.80. The van der Waals surface area contributed by atoms with Crippen LogP contribution < -0.4 is 5.32 Å². The Morgan fingerprint density at radius 1 is 1.42 bits per heavy atom. The lowest BCUT2D eigenvalue weighted by Crippen LogP contribution is -2.51. The minimum atomic E-state index is 0.844. The summed E-state index contributed by atoms with van der Waals surface area (Å²) in [6.07, 6.45) is 5.62. The summed E-state index contributed by atoms with van der Waals surface area (Å²) in [6, 6.07) is 1.81. The Morgan fingerprint density at radius 3 is 2.92 bits per heavy atom. The largest absolute Gasteiger partial charge is 0.314 e. The van der Waals surface area contributed by atoms with E-state index in [0.717, 1.165) is 12.1 Å². The molecule has 0 aromatic rings. The summed E-state index contributed by atoms with van der Waals surface area (Å²) in [6.45, 7) is 6.01. The van der Waals surface area contributed by atoms with Crippen LogP contribution in [0, 0.1) is 0 Å². The number of nitrogens with one attached hydrogen (secondary N) is 1. The fourth-order valence-electron chi connectivity index (χ4n) is 2.26. The van der Waals surface area contributed by atoms with Crippen LogP contribution in [0.1, 0.15) is 32.6 Å². The van der Waals surface area contributed by atoms with Gasteiger partial charge in [-0.25, -0.2) is 0 Å². The Hall–Kier alpha value is -0.0800. The zero-order valence-electron chi connectivity index (χ0n) is 8.05. The summed E-state index contributed by atoms with van der Waals surface area (Å²) in [5, 5.41) is 3.49. The lowest BCUT2D eigenvalue weighted by molar-refractivity contribution is 0.143. The number of rotatable bonds is 3. The minimum absolute atomic E-state index is 0.844. The summed E-state index contributed by atoms with van der Waals surface area (Å²) in [5.41, 5.74) is 0. The molecule has 0 aromatic carbocycles. The van der Waals surface area contributed by atoms with E-state index in [1.54, 1.807) is 0 Å². The lowest BCUT2D eigenvalue weighted by atomic mass is 10.1. The highest BCUT2D eigenvalue weighted by molar-refractivity contribution is 4.91. The molecule has 1 N–H and O–H groups in total. The highest BCUT2D eigenvalue weighted by atomic mass is 15.3. The normalized spacial score (nSPS) is 32.2. The van der Waals surface area contributed by atoms with Gasteiger partial charge in [-0.1, -0.05) is 13.3 Å². The third-order valence-corrected chi connectivity index (χ3v) is 3.03. The average molecular weight is 168 g/mol. The molecule has 0 amide bonds. The Morgan fingerprint density at radius 2 is 2.25 bits per heavy atom. The number of hydrogen-bond donors (Lipinski definition) is 1. The van der Waals surface area contributed by atoms with Crippen LogP contribution in [0.5, 0.6) is 0 Å². The van der Waals surface area contributed by atoms with Crippen molar-refractivity contribution in [2.24, 2.45) is 0 Å². The Kier molecular flexibility index (Phi) is 2.66.